The van der Waals surface area contributed by atoms with Crippen LogP contribution in [0.3, 0.4) is 0 Å². The van der Waals surface area contributed by atoms with Gasteiger partial charge >= 0.3 is 53.7 Å². The molecule has 3 aliphatic rings. The van der Waals surface area contributed by atoms with Gasteiger partial charge in [-0.1, -0.05) is 60.0 Å². The number of halogens is 2. The molecule has 2 aliphatic carbocycles. The summed E-state index contributed by atoms with van der Waals surface area (Å²) >= 11 is 4.98. The Hall–Kier alpha value is -0.0600. The number of likely N-dealkylation sites (tertiary alicyclic amines) is 1. The molecule has 2 saturated carbocycles. The van der Waals surface area contributed by atoms with Crippen LogP contribution < -0.4 is 34.9 Å². The fourth-order valence-corrected chi connectivity index (χ4v) is 6.80. The second-order valence-electron chi connectivity index (χ2n) is 12.5. The average molecular weight is 851 g/mol. The predicted molar refractivity (Wildman–Crippen MR) is 185 cm³/mol. The molecule has 1 atom stereocenters. The molecule has 1 spiro atoms. The summed E-state index contributed by atoms with van der Waals surface area (Å²) < 4.78 is 22.7. The zero-order valence-electron chi connectivity index (χ0n) is 27.3. The molecule has 3 rings (SSSR count). The molecule has 43 heavy (non-hydrogen) atoms. The number of esters is 2. The van der Waals surface area contributed by atoms with Gasteiger partial charge in [-0.3, -0.25) is 9.69 Å². The Kier molecular flexibility index (Phi) is 23.1. The first-order valence-electron chi connectivity index (χ1n) is 13.8. The molecule has 3 fully saturated rings. The molecule has 250 valence electrons. The quantitative estimate of drug-likeness (QED) is 0.132. The number of rotatable bonds is 7. The summed E-state index contributed by atoms with van der Waals surface area (Å²) in [4.78, 5) is 47.6. The number of alkyl carbamates (subject to hydrolysis) is 1. The van der Waals surface area contributed by atoms with Crippen molar-refractivity contribution in [3.05, 3.63) is 0 Å². The molecule has 0 aromatic rings. The molecule has 1 saturated heterocycles. The van der Waals surface area contributed by atoms with Gasteiger partial charge < -0.3 is 25.7 Å². The normalized spacial score (nSPS) is 18.3. The SMILES string of the molecule is C.C.CCOC(=O)C1CC2(CC2)CN1C(=O)OC(C)(C)C.CCOC(=O)CNC(=O)OC(C)(C)C.ICC1(CI)CC1.[H-].[Na+]. The summed E-state index contributed by atoms with van der Waals surface area (Å²) in [5.41, 5.74) is -0.149. The first-order chi connectivity index (χ1) is 18.4. The van der Waals surface area contributed by atoms with Gasteiger partial charge in [0.25, 0.3) is 0 Å². The molecule has 1 aliphatic heterocycles. The number of alkyl halides is 2. The third-order valence-corrected chi connectivity index (χ3v) is 9.49. The van der Waals surface area contributed by atoms with E-state index in [4.69, 9.17) is 14.2 Å². The Morgan fingerprint density at radius 3 is 1.70 bits per heavy atom. The van der Waals surface area contributed by atoms with Crippen molar-refractivity contribution < 1.29 is 69.1 Å². The first kappa shape index (κ1) is 47.3. The van der Waals surface area contributed by atoms with E-state index < -0.39 is 35.4 Å². The van der Waals surface area contributed by atoms with E-state index in [1.165, 1.54) is 21.7 Å². The van der Waals surface area contributed by atoms with Crippen molar-refractivity contribution in [3.8, 4) is 0 Å². The van der Waals surface area contributed by atoms with Crippen LogP contribution in [0.15, 0.2) is 0 Å². The standard InChI is InChI=1S/C14H23NO4.C9H17NO4.C5H8I2.2CH4.Na.H/c1-5-18-11(16)10-8-14(6-7-14)9-15(10)12(17)19-13(2,3)4;1-5-13-7(11)6-10-8(12)14-9(2,3)4;6-3-5(4-7)1-2-5;;;;/h10H,5-9H2,1-4H3;5-6H2,1-4H3,(H,10,12);1-4H2;2*1H4;;/q;;;;;+1;-1. The zero-order chi connectivity index (χ0) is 30.8. The summed E-state index contributed by atoms with van der Waals surface area (Å²) in [6, 6.07) is -0.475. The van der Waals surface area contributed by atoms with Gasteiger partial charge in [-0.05, 0) is 98.3 Å². The first-order valence-corrected chi connectivity index (χ1v) is 16.9. The maximum atomic E-state index is 12.2. The minimum absolute atomic E-state index is 0. The number of amides is 2. The van der Waals surface area contributed by atoms with Gasteiger partial charge in [0.05, 0.1) is 13.2 Å². The second kappa shape index (κ2) is 20.9. The Bertz CT molecular complexity index is 870. The molecule has 13 heteroatoms. The summed E-state index contributed by atoms with van der Waals surface area (Å²) in [5.74, 6) is -0.782. The minimum Gasteiger partial charge on any atom is -1.00 e. The van der Waals surface area contributed by atoms with Crippen LogP contribution in [0.5, 0.6) is 0 Å². The molecule has 1 unspecified atom stereocenters. The summed E-state index contributed by atoms with van der Waals surface area (Å²) in [6.45, 7) is 15.3. The zero-order valence-corrected chi connectivity index (χ0v) is 32.6. The van der Waals surface area contributed by atoms with Gasteiger partial charge in [-0.15, -0.1) is 0 Å². The van der Waals surface area contributed by atoms with Crippen LogP contribution in [0.4, 0.5) is 9.59 Å². The number of ether oxygens (including phenoxy) is 4. The largest absolute Gasteiger partial charge is 1.00 e. The second-order valence-corrected chi connectivity index (χ2v) is 14.0. The Labute approximate surface area is 311 Å². The van der Waals surface area contributed by atoms with Crippen LogP contribution >= 0.6 is 45.2 Å². The van der Waals surface area contributed by atoms with Crippen LogP contribution in [-0.4, -0.2) is 81.4 Å². The van der Waals surface area contributed by atoms with Crippen molar-refractivity contribution in [2.24, 2.45) is 10.8 Å². The van der Waals surface area contributed by atoms with Gasteiger partial charge in [0.15, 0.2) is 0 Å². The Balaban J connectivity index is -0.000000285. The van der Waals surface area contributed by atoms with E-state index in [2.05, 4.69) is 55.2 Å². The molecule has 1 heterocycles. The van der Waals surface area contributed by atoms with Gasteiger partial charge in [-0.25, -0.2) is 14.4 Å². The Morgan fingerprint density at radius 2 is 1.35 bits per heavy atom. The smallest absolute Gasteiger partial charge is 1.00 e. The number of carbonyl (C=O) groups is 4. The van der Waals surface area contributed by atoms with E-state index in [1.807, 2.05) is 20.8 Å². The number of hydrogen-bond donors (Lipinski definition) is 1. The molecular formula is C30H57I2N2NaO8. The fraction of sp³-hybridized carbons (Fsp3) is 0.867. The minimum atomic E-state index is -0.620. The number of nitrogens with zero attached hydrogens (tertiary/aromatic N) is 1. The van der Waals surface area contributed by atoms with Crippen LogP contribution in [0.1, 0.15) is 104 Å². The van der Waals surface area contributed by atoms with Crippen LogP contribution in [0.2, 0.25) is 0 Å². The Morgan fingerprint density at radius 1 is 0.860 bits per heavy atom. The number of carbonyl (C=O) groups excluding carboxylic acids is 4. The number of nitrogens with one attached hydrogen (secondary N) is 1. The molecule has 0 aromatic heterocycles. The monoisotopic (exact) mass is 850 g/mol. The summed E-state index contributed by atoms with van der Waals surface area (Å²) in [5, 5.41) is 2.29. The third-order valence-electron chi connectivity index (χ3n) is 6.26. The van der Waals surface area contributed by atoms with Gasteiger partial charge in [-0.2, -0.15) is 0 Å². The van der Waals surface area contributed by atoms with E-state index in [9.17, 15) is 19.2 Å². The molecule has 2 amide bonds. The van der Waals surface area contributed by atoms with Crippen molar-refractivity contribution in [3.63, 3.8) is 0 Å². The van der Waals surface area contributed by atoms with E-state index in [-0.39, 0.29) is 63.8 Å². The van der Waals surface area contributed by atoms with Crippen LogP contribution in [0.25, 0.3) is 0 Å². The molecular weight excluding hydrogens is 793 g/mol. The fourth-order valence-electron chi connectivity index (χ4n) is 3.71. The molecule has 0 radical (unpaired) electrons. The van der Waals surface area contributed by atoms with Crippen molar-refractivity contribution in [1.82, 2.24) is 10.2 Å². The molecule has 10 nitrogen and oxygen atoms in total. The molecule has 1 N–H and O–H groups in total. The topological polar surface area (TPSA) is 120 Å². The van der Waals surface area contributed by atoms with Crippen LogP contribution in [0, 0.1) is 10.8 Å². The van der Waals surface area contributed by atoms with Crippen LogP contribution in [-0.2, 0) is 28.5 Å². The van der Waals surface area contributed by atoms with E-state index in [0.29, 0.717) is 26.2 Å². The van der Waals surface area contributed by atoms with Crippen molar-refractivity contribution in [1.29, 1.82) is 0 Å². The van der Waals surface area contributed by atoms with E-state index >= 15 is 0 Å². The third kappa shape index (κ3) is 19.3. The summed E-state index contributed by atoms with van der Waals surface area (Å²) in [6.07, 6.45) is 4.83. The maximum Gasteiger partial charge on any atom is 1.00 e. The maximum absolute atomic E-state index is 12.2. The van der Waals surface area contributed by atoms with Gasteiger partial charge in [0.2, 0.25) is 0 Å². The predicted octanol–water partition coefficient (Wildman–Crippen LogP) is 4.44. The van der Waals surface area contributed by atoms with Gasteiger partial charge in [0.1, 0.15) is 23.8 Å². The van der Waals surface area contributed by atoms with Crippen molar-refractivity contribution in [2.45, 2.75) is 120 Å². The van der Waals surface area contributed by atoms with E-state index in [1.54, 1.807) is 39.5 Å². The van der Waals surface area contributed by atoms with Crippen molar-refractivity contribution in [2.75, 3.05) is 35.2 Å². The van der Waals surface area contributed by atoms with Crippen molar-refractivity contribution >= 4 is 69.3 Å². The van der Waals surface area contributed by atoms with Gasteiger partial charge in [0, 0.05) is 15.4 Å². The molecule has 0 bridgehead atoms. The number of hydrogen-bond acceptors (Lipinski definition) is 8. The summed E-state index contributed by atoms with van der Waals surface area (Å²) in [7, 11) is 0. The molecule has 0 aromatic carbocycles. The average Bonchev–Trinajstić information content (AvgIpc) is 3.74. The van der Waals surface area contributed by atoms with E-state index in [0.717, 1.165) is 18.3 Å².